The number of alkyl halides is 1. The molecule has 2 heterocycles. The largest absolute Gasteiger partial charge is 0.449 e. The monoisotopic (exact) mass is 363 g/mol. The Kier molecular flexibility index (Phi) is 5.64. The number of hydrogen-bond acceptors (Lipinski definition) is 4. The van der Waals surface area contributed by atoms with Gasteiger partial charge in [0.05, 0.1) is 6.61 Å². The van der Waals surface area contributed by atoms with Gasteiger partial charge in [-0.1, -0.05) is 0 Å². The standard InChI is InChI=1S/C19H26FN3O3/c1-2-26-18(25)23-10-3-4-16(7-11-23)22-12-8-19(20,9-13-22)17(24)21-14-15-5-6-15/h3-4,7,10-11,15H,2,5-6,8-9,12-14H2,1H3,(H,21,24). The van der Waals surface area contributed by atoms with Crippen LogP contribution in [0.15, 0.2) is 36.3 Å². The summed E-state index contributed by atoms with van der Waals surface area (Å²) in [7, 11) is 0. The molecule has 0 unspecified atom stereocenters. The van der Waals surface area contributed by atoms with Gasteiger partial charge in [0.15, 0.2) is 5.67 Å². The van der Waals surface area contributed by atoms with Gasteiger partial charge in [0.25, 0.3) is 5.91 Å². The third-order valence-corrected chi connectivity index (χ3v) is 4.97. The smallest absolute Gasteiger partial charge is 0.417 e. The number of nitrogens with one attached hydrogen (secondary N) is 1. The third kappa shape index (κ3) is 4.45. The lowest BCUT2D eigenvalue weighted by molar-refractivity contribution is -0.135. The molecule has 2 aliphatic heterocycles. The number of halogens is 1. The van der Waals surface area contributed by atoms with Crippen LogP contribution in [-0.4, -0.2) is 53.7 Å². The van der Waals surface area contributed by atoms with Crippen molar-refractivity contribution >= 4 is 12.0 Å². The molecule has 0 atom stereocenters. The summed E-state index contributed by atoms with van der Waals surface area (Å²) in [6.45, 7) is 3.57. The van der Waals surface area contributed by atoms with Crippen molar-refractivity contribution in [1.82, 2.24) is 15.1 Å². The number of carbonyl (C=O) groups is 2. The van der Waals surface area contributed by atoms with Gasteiger partial charge < -0.3 is 15.0 Å². The fourth-order valence-corrected chi connectivity index (χ4v) is 3.09. The molecule has 2 fully saturated rings. The summed E-state index contributed by atoms with van der Waals surface area (Å²) < 4.78 is 19.9. The normalized spacial score (nSPS) is 21.8. The number of likely N-dealkylation sites (tertiary alicyclic amines) is 1. The van der Waals surface area contributed by atoms with Crippen LogP contribution >= 0.6 is 0 Å². The highest BCUT2D eigenvalue weighted by molar-refractivity contribution is 5.85. The second-order valence-electron chi connectivity index (χ2n) is 6.96. The molecule has 3 rings (SSSR count). The molecule has 7 heteroatoms. The van der Waals surface area contributed by atoms with Gasteiger partial charge in [-0.15, -0.1) is 0 Å². The second kappa shape index (κ2) is 7.93. The zero-order chi connectivity index (χ0) is 18.6. The van der Waals surface area contributed by atoms with Gasteiger partial charge >= 0.3 is 6.09 Å². The summed E-state index contributed by atoms with van der Waals surface area (Å²) in [5.41, 5.74) is -0.902. The Morgan fingerprint density at radius 1 is 1.31 bits per heavy atom. The summed E-state index contributed by atoms with van der Waals surface area (Å²) in [6, 6.07) is 0. The summed E-state index contributed by atoms with van der Waals surface area (Å²) in [6.07, 6.45) is 10.8. The third-order valence-electron chi connectivity index (χ3n) is 4.97. The van der Waals surface area contributed by atoms with Crippen molar-refractivity contribution < 1.29 is 18.7 Å². The summed E-state index contributed by atoms with van der Waals surface area (Å²) in [5.74, 6) is 0.0703. The van der Waals surface area contributed by atoms with E-state index in [1.807, 2.05) is 11.0 Å². The van der Waals surface area contributed by atoms with E-state index in [2.05, 4.69) is 5.32 Å². The van der Waals surface area contributed by atoms with Crippen molar-refractivity contribution in [3.8, 4) is 0 Å². The number of ether oxygens (including phenoxy) is 1. The van der Waals surface area contributed by atoms with E-state index in [0.29, 0.717) is 32.2 Å². The van der Waals surface area contributed by atoms with E-state index in [-0.39, 0.29) is 12.8 Å². The Hall–Kier alpha value is -2.31. The summed E-state index contributed by atoms with van der Waals surface area (Å²) in [5, 5.41) is 2.76. The number of piperidine rings is 1. The highest BCUT2D eigenvalue weighted by Gasteiger charge is 2.42. The number of amides is 2. The van der Waals surface area contributed by atoms with Crippen LogP contribution in [0.25, 0.3) is 0 Å². The van der Waals surface area contributed by atoms with Crippen molar-refractivity contribution in [1.29, 1.82) is 0 Å². The molecule has 6 nitrogen and oxygen atoms in total. The number of allylic oxidation sites excluding steroid dienone is 3. The lowest BCUT2D eigenvalue weighted by Crippen LogP contribution is -2.51. The quantitative estimate of drug-likeness (QED) is 0.816. The van der Waals surface area contributed by atoms with E-state index >= 15 is 0 Å². The van der Waals surface area contributed by atoms with Gasteiger partial charge in [-0.2, -0.15) is 0 Å². The van der Waals surface area contributed by atoms with Crippen LogP contribution in [0.4, 0.5) is 9.18 Å². The topological polar surface area (TPSA) is 61.9 Å². The first-order valence-corrected chi connectivity index (χ1v) is 9.26. The molecular weight excluding hydrogens is 337 g/mol. The van der Waals surface area contributed by atoms with E-state index in [1.54, 1.807) is 31.5 Å². The van der Waals surface area contributed by atoms with Crippen LogP contribution in [0.5, 0.6) is 0 Å². The van der Waals surface area contributed by atoms with E-state index < -0.39 is 17.7 Å². The Bertz CT molecular complexity index is 632. The first-order valence-electron chi connectivity index (χ1n) is 9.26. The molecule has 2 amide bonds. The minimum absolute atomic E-state index is 0.167. The fraction of sp³-hybridized carbons (Fsp3) is 0.579. The maximum absolute atomic E-state index is 15.0. The molecule has 0 radical (unpaired) electrons. The Labute approximate surface area is 153 Å². The Morgan fingerprint density at radius 3 is 2.69 bits per heavy atom. The first-order chi connectivity index (χ1) is 12.5. The molecule has 1 aliphatic carbocycles. The highest BCUT2D eigenvalue weighted by atomic mass is 19.1. The molecule has 0 aromatic carbocycles. The van der Waals surface area contributed by atoms with Crippen molar-refractivity contribution in [2.24, 2.45) is 5.92 Å². The molecule has 1 saturated carbocycles. The number of nitrogens with zero attached hydrogens (tertiary/aromatic N) is 2. The van der Waals surface area contributed by atoms with Gasteiger partial charge in [0.1, 0.15) is 0 Å². The lowest BCUT2D eigenvalue weighted by Gasteiger charge is -2.37. The molecule has 0 aromatic heterocycles. The first kappa shape index (κ1) is 18.5. The molecule has 3 aliphatic rings. The van der Waals surface area contributed by atoms with Crippen molar-refractivity contribution in [2.45, 2.75) is 38.3 Å². The van der Waals surface area contributed by atoms with Gasteiger partial charge in [0.2, 0.25) is 0 Å². The highest BCUT2D eigenvalue weighted by Crippen LogP contribution is 2.31. The minimum Gasteiger partial charge on any atom is -0.449 e. The molecule has 142 valence electrons. The van der Waals surface area contributed by atoms with Gasteiger partial charge in [-0.25, -0.2) is 9.18 Å². The van der Waals surface area contributed by atoms with Crippen LogP contribution in [0.3, 0.4) is 0 Å². The molecule has 0 spiro atoms. The van der Waals surface area contributed by atoms with Gasteiger partial charge in [-0.05, 0) is 43.9 Å². The molecule has 1 N–H and O–H groups in total. The molecule has 26 heavy (non-hydrogen) atoms. The molecule has 1 saturated heterocycles. The predicted octanol–water partition coefficient (Wildman–Crippen LogP) is 2.70. The lowest BCUT2D eigenvalue weighted by atomic mass is 9.92. The van der Waals surface area contributed by atoms with Crippen molar-refractivity contribution in [3.05, 3.63) is 36.3 Å². The summed E-state index contributed by atoms with van der Waals surface area (Å²) >= 11 is 0. The van der Waals surface area contributed by atoms with Gasteiger partial charge in [-0.3, -0.25) is 9.69 Å². The zero-order valence-electron chi connectivity index (χ0n) is 15.1. The van der Waals surface area contributed by atoms with Crippen LogP contribution in [0.2, 0.25) is 0 Å². The van der Waals surface area contributed by atoms with Crippen LogP contribution < -0.4 is 5.32 Å². The van der Waals surface area contributed by atoms with Crippen LogP contribution in [-0.2, 0) is 9.53 Å². The Balaban J connectivity index is 1.53. The second-order valence-corrected chi connectivity index (χ2v) is 6.96. The molecule has 0 aromatic rings. The maximum Gasteiger partial charge on any atom is 0.417 e. The maximum atomic E-state index is 15.0. The number of hydrogen-bond donors (Lipinski definition) is 1. The number of rotatable bonds is 5. The summed E-state index contributed by atoms with van der Waals surface area (Å²) in [4.78, 5) is 27.3. The van der Waals surface area contributed by atoms with E-state index in [0.717, 1.165) is 18.5 Å². The average Bonchev–Trinajstić information content (AvgIpc) is 3.47. The van der Waals surface area contributed by atoms with E-state index in [4.69, 9.17) is 4.74 Å². The van der Waals surface area contributed by atoms with Crippen LogP contribution in [0.1, 0.15) is 32.6 Å². The van der Waals surface area contributed by atoms with E-state index in [1.165, 1.54) is 4.90 Å². The van der Waals surface area contributed by atoms with Gasteiger partial charge in [0, 0.05) is 50.6 Å². The average molecular weight is 363 g/mol. The van der Waals surface area contributed by atoms with Crippen molar-refractivity contribution in [3.63, 3.8) is 0 Å². The fourth-order valence-electron chi connectivity index (χ4n) is 3.09. The van der Waals surface area contributed by atoms with E-state index in [9.17, 15) is 14.0 Å². The zero-order valence-corrected chi connectivity index (χ0v) is 15.1. The van der Waals surface area contributed by atoms with Crippen molar-refractivity contribution in [2.75, 3.05) is 26.2 Å². The SMILES string of the molecule is CCOC(=O)N1C=CC=C(N2CCC(F)(C(=O)NCC3CC3)CC2)C=C1. The molecular formula is C19H26FN3O3. The predicted molar refractivity (Wildman–Crippen MR) is 95.6 cm³/mol. The Morgan fingerprint density at radius 2 is 2.04 bits per heavy atom. The molecule has 0 bridgehead atoms. The number of carbonyl (C=O) groups excluding carboxylic acids is 2. The van der Waals surface area contributed by atoms with Crippen LogP contribution in [0, 0.1) is 5.92 Å². The minimum atomic E-state index is -1.78.